The van der Waals surface area contributed by atoms with Crippen LogP contribution >= 0.6 is 11.3 Å². The number of benzene rings is 1. The number of thiophene rings is 1. The predicted octanol–water partition coefficient (Wildman–Crippen LogP) is 4.54. The summed E-state index contributed by atoms with van der Waals surface area (Å²) in [5, 5.41) is 5.81. The van der Waals surface area contributed by atoms with Crippen LogP contribution in [0.3, 0.4) is 0 Å². The zero-order valence-electron chi connectivity index (χ0n) is 12.5. The molecule has 0 saturated carbocycles. The lowest BCUT2D eigenvalue weighted by Crippen LogP contribution is -2.23. The third-order valence-corrected chi connectivity index (χ3v) is 4.19. The molecule has 2 aromatic rings. The summed E-state index contributed by atoms with van der Waals surface area (Å²) in [7, 11) is 0. The molecule has 0 aliphatic rings. The van der Waals surface area contributed by atoms with Gasteiger partial charge in [0, 0.05) is 4.88 Å². The molecule has 108 valence electrons. The van der Waals surface area contributed by atoms with Crippen molar-refractivity contribution >= 4 is 11.3 Å². The molecule has 2 rings (SSSR count). The molecule has 0 radical (unpaired) electrons. The highest BCUT2D eigenvalue weighted by atomic mass is 32.1. The number of rotatable bonds is 7. The molecule has 0 aliphatic heterocycles. The van der Waals surface area contributed by atoms with E-state index in [-0.39, 0.29) is 6.04 Å². The lowest BCUT2D eigenvalue weighted by Gasteiger charge is -2.19. The lowest BCUT2D eigenvalue weighted by atomic mass is 9.99. The molecule has 1 N–H and O–H groups in total. The van der Waals surface area contributed by atoms with Crippen molar-refractivity contribution in [1.29, 1.82) is 0 Å². The second-order valence-corrected chi connectivity index (χ2v) is 5.94. The molecule has 1 heterocycles. The maximum atomic E-state index is 5.52. The van der Waals surface area contributed by atoms with Crippen molar-refractivity contribution in [1.82, 2.24) is 5.32 Å². The Hall–Kier alpha value is -1.32. The first-order valence-electron chi connectivity index (χ1n) is 7.26. The second kappa shape index (κ2) is 7.46. The zero-order valence-corrected chi connectivity index (χ0v) is 13.3. The second-order valence-electron chi connectivity index (χ2n) is 4.82. The molecule has 1 aromatic carbocycles. The van der Waals surface area contributed by atoms with E-state index in [0.29, 0.717) is 6.61 Å². The monoisotopic (exact) mass is 289 g/mol. The minimum Gasteiger partial charge on any atom is -0.494 e. The summed E-state index contributed by atoms with van der Waals surface area (Å²) in [6, 6.07) is 10.9. The van der Waals surface area contributed by atoms with Gasteiger partial charge in [0.2, 0.25) is 0 Å². The van der Waals surface area contributed by atoms with Crippen molar-refractivity contribution in [2.75, 3.05) is 13.2 Å². The molecular weight excluding hydrogens is 266 g/mol. The van der Waals surface area contributed by atoms with Crippen LogP contribution in [0.15, 0.2) is 35.7 Å². The summed E-state index contributed by atoms with van der Waals surface area (Å²) < 4.78 is 5.52. The number of hydrogen-bond donors (Lipinski definition) is 1. The van der Waals surface area contributed by atoms with Crippen molar-refractivity contribution in [3.8, 4) is 5.75 Å². The third kappa shape index (κ3) is 3.62. The van der Waals surface area contributed by atoms with Gasteiger partial charge in [-0.05, 0) is 61.5 Å². The molecule has 2 nitrogen and oxygen atoms in total. The largest absolute Gasteiger partial charge is 0.494 e. The van der Waals surface area contributed by atoms with E-state index in [1.165, 1.54) is 16.0 Å². The van der Waals surface area contributed by atoms with Crippen LogP contribution in [0.4, 0.5) is 0 Å². The maximum Gasteiger partial charge on any atom is 0.119 e. The maximum absolute atomic E-state index is 5.52. The topological polar surface area (TPSA) is 21.3 Å². The van der Waals surface area contributed by atoms with Crippen LogP contribution in [0, 0.1) is 6.92 Å². The van der Waals surface area contributed by atoms with Gasteiger partial charge in [-0.2, -0.15) is 0 Å². The zero-order chi connectivity index (χ0) is 14.4. The highest BCUT2D eigenvalue weighted by Crippen LogP contribution is 2.29. The fraction of sp³-hybridized carbons (Fsp3) is 0.412. The van der Waals surface area contributed by atoms with Gasteiger partial charge in [-0.15, -0.1) is 11.3 Å². The van der Waals surface area contributed by atoms with Crippen molar-refractivity contribution < 1.29 is 4.74 Å². The number of aryl methyl sites for hydroxylation is 1. The summed E-state index contributed by atoms with van der Waals surface area (Å²) in [6.45, 7) is 8.12. The van der Waals surface area contributed by atoms with E-state index in [1.807, 2.05) is 18.3 Å². The van der Waals surface area contributed by atoms with Crippen molar-refractivity contribution in [2.24, 2.45) is 0 Å². The quantitative estimate of drug-likeness (QED) is 0.807. The Morgan fingerprint density at radius 1 is 1.15 bits per heavy atom. The van der Waals surface area contributed by atoms with E-state index in [0.717, 1.165) is 18.7 Å². The van der Waals surface area contributed by atoms with Crippen LogP contribution in [0.2, 0.25) is 0 Å². The van der Waals surface area contributed by atoms with Gasteiger partial charge in [0.1, 0.15) is 5.75 Å². The molecule has 1 atom stereocenters. The molecule has 3 heteroatoms. The van der Waals surface area contributed by atoms with Gasteiger partial charge in [-0.3, -0.25) is 0 Å². The summed E-state index contributed by atoms with van der Waals surface area (Å²) >= 11 is 1.81. The molecule has 1 aromatic heterocycles. The van der Waals surface area contributed by atoms with Gasteiger partial charge < -0.3 is 10.1 Å². The molecule has 20 heavy (non-hydrogen) atoms. The highest BCUT2D eigenvalue weighted by molar-refractivity contribution is 7.10. The number of hydrogen-bond acceptors (Lipinski definition) is 3. The van der Waals surface area contributed by atoms with E-state index in [2.05, 4.69) is 54.9 Å². The standard InChI is InChI=1S/C17H23NOS/c1-4-11-18-17(16-10-12-20-13(16)3)14-6-8-15(9-7-14)19-5-2/h6-10,12,17-18H,4-5,11H2,1-3H3. The molecule has 1 unspecified atom stereocenters. The van der Waals surface area contributed by atoms with Gasteiger partial charge in [-0.25, -0.2) is 0 Å². The van der Waals surface area contributed by atoms with E-state index in [9.17, 15) is 0 Å². The van der Waals surface area contributed by atoms with Crippen molar-refractivity contribution in [3.05, 3.63) is 51.7 Å². The molecule has 0 bridgehead atoms. The summed E-state index contributed by atoms with van der Waals surface area (Å²) in [6.07, 6.45) is 1.14. The summed E-state index contributed by atoms with van der Waals surface area (Å²) in [5.41, 5.74) is 2.68. The van der Waals surface area contributed by atoms with E-state index < -0.39 is 0 Å². The Bertz CT molecular complexity index is 518. The van der Waals surface area contributed by atoms with Crippen LogP contribution in [0.25, 0.3) is 0 Å². The van der Waals surface area contributed by atoms with Crippen LogP contribution in [-0.2, 0) is 0 Å². The van der Waals surface area contributed by atoms with Gasteiger partial charge in [0.05, 0.1) is 12.6 Å². The summed E-state index contributed by atoms with van der Waals surface area (Å²) in [4.78, 5) is 1.38. The normalized spacial score (nSPS) is 12.3. The molecule has 0 saturated heterocycles. The molecule has 0 fully saturated rings. The van der Waals surface area contributed by atoms with Gasteiger partial charge in [-0.1, -0.05) is 19.1 Å². The van der Waals surface area contributed by atoms with Crippen molar-refractivity contribution in [3.63, 3.8) is 0 Å². The first-order chi connectivity index (χ1) is 9.76. The first-order valence-corrected chi connectivity index (χ1v) is 8.14. The van der Waals surface area contributed by atoms with Crippen LogP contribution in [0.1, 0.15) is 42.3 Å². The summed E-state index contributed by atoms with van der Waals surface area (Å²) in [5.74, 6) is 0.938. The van der Waals surface area contributed by atoms with Crippen LogP contribution < -0.4 is 10.1 Å². The van der Waals surface area contributed by atoms with Gasteiger partial charge in [0.15, 0.2) is 0 Å². The van der Waals surface area contributed by atoms with Crippen molar-refractivity contribution in [2.45, 2.75) is 33.2 Å². The van der Waals surface area contributed by atoms with Gasteiger partial charge >= 0.3 is 0 Å². The minimum absolute atomic E-state index is 0.275. The minimum atomic E-state index is 0.275. The Balaban J connectivity index is 2.24. The molecular formula is C17H23NOS. The highest BCUT2D eigenvalue weighted by Gasteiger charge is 2.16. The fourth-order valence-electron chi connectivity index (χ4n) is 2.31. The SMILES string of the molecule is CCCNC(c1ccc(OCC)cc1)c1ccsc1C. The Morgan fingerprint density at radius 3 is 2.45 bits per heavy atom. The average Bonchev–Trinajstić information content (AvgIpc) is 2.88. The first kappa shape index (κ1) is 15.1. The average molecular weight is 289 g/mol. The Morgan fingerprint density at radius 2 is 1.90 bits per heavy atom. The lowest BCUT2D eigenvalue weighted by molar-refractivity contribution is 0.340. The van der Waals surface area contributed by atoms with E-state index >= 15 is 0 Å². The van der Waals surface area contributed by atoms with E-state index in [1.54, 1.807) is 0 Å². The third-order valence-electron chi connectivity index (χ3n) is 3.33. The van der Waals surface area contributed by atoms with E-state index in [4.69, 9.17) is 4.74 Å². The van der Waals surface area contributed by atoms with Crippen LogP contribution in [-0.4, -0.2) is 13.2 Å². The van der Waals surface area contributed by atoms with Gasteiger partial charge in [0.25, 0.3) is 0 Å². The predicted molar refractivity (Wildman–Crippen MR) is 86.8 cm³/mol. The fourth-order valence-corrected chi connectivity index (χ4v) is 3.05. The molecule has 0 spiro atoms. The Kier molecular flexibility index (Phi) is 5.62. The smallest absolute Gasteiger partial charge is 0.119 e. The Labute approximate surface area is 125 Å². The number of ether oxygens (including phenoxy) is 1. The van der Waals surface area contributed by atoms with Crippen LogP contribution in [0.5, 0.6) is 5.75 Å². The number of nitrogens with one attached hydrogen (secondary N) is 1. The molecule has 0 aliphatic carbocycles. The molecule has 0 amide bonds.